The summed E-state index contributed by atoms with van der Waals surface area (Å²) in [6.45, 7) is 11.5. The number of piperazine rings is 1. The summed E-state index contributed by atoms with van der Waals surface area (Å²) in [4.78, 5) is 2.46. The van der Waals surface area contributed by atoms with Crippen molar-refractivity contribution in [3.05, 3.63) is 0 Å². The van der Waals surface area contributed by atoms with Gasteiger partial charge in [0, 0.05) is 32.8 Å². The Hall–Kier alpha value is -0.120. The molecule has 1 aliphatic heterocycles. The number of rotatable bonds is 3. The lowest BCUT2D eigenvalue weighted by atomic mass is 10.2. The average Bonchev–Trinajstić information content (AvgIpc) is 2.22. The fourth-order valence-corrected chi connectivity index (χ4v) is 1.58. The minimum Gasteiger partial charge on any atom is -0.383 e. The highest BCUT2D eigenvalue weighted by atomic mass is 16.5. The highest BCUT2D eigenvalue weighted by molar-refractivity contribution is 4.78. The first-order valence-corrected chi connectivity index (χ1v) is 5.32. The van der Waals surface area contributed by atoms with Crippen molar-refractivity contribution < 1.29 is 4.74 Å². The Morgan fingerprint density at radius 3 is 2.69 bits per heavy atom. The number of methoxy groups -OCH3 is 1. The number of nitrogens with zero attached hydrogens (tertiary/aromatic N) is 1. The summed E-state index contributed by atoms with van der Waals surface area (Å²) in [6, 6.07) is 0.582. The van der Waals surface area contributed by atoms with E-state index in [1.54, 1.807) is 7.11 Å². The van der Waals surface area contributed by atoms with Crippen LogP contribution in [0.5, 0.6) is 0 Å². The molecule has 0 aromatic heterocycles. The molecule has 3 nitrogen and oxygen atoms in total. The molecular formula is C10H24N2O. The van der Waals surface area contributed by atoms with Crippen LogP contribution >= 0.6 is 0 Å². The fraction of sp³-hybridized carbons (Fsp3) is 1.00. The highest BCUT2D eigenvalue weighted by Crippen LogP contribution is 2.01. The Bertz CT molecular complexity index is 107. The summed E-state index contributed by atoms with van der Waals surface area (Å²) < 4.78 is 5.13. The molecule has 1 aliphatic rings. The van der Waals surface area contributed by atoms with Crippen molar-refractivity contribution in [2.24, 2.45) is 0 Å². The minimum absolute atomic E-state index is 0.582. The van der Waals surface area contributed by atoms with Gasteiger partial charge in [-0.2, -0.15) is 0 Å². The SMILES string of the molecule is CC.CCN1CCNCC1COC. The zero-order valence-electron chi connectivity index (χ0n) is 9.47. The van der Waals surface area contributed by atoms with Gasteiger partial charge in [0.1, 0.15) is 0 Å². The first-order valence-electron chi connectivity index (χ1n) is 5.32. The maximum absolute atomic E-state index is 5.13. The van der Waals surface area contributed by atoms with Crippen molar-refractivity contribution in [3.63, 3.8) is 0 Å². The largest absolute Gasteiger partial charge is 0.383 e. The van der Waals surface area contributed by atoms with Crippen LogP contribution in [0.2, 0.25) is 0 Å². The Kier molecular flexibility index (Phi) is 8.40. The number of likely N-dealkylation sites (N-methyl/N-ethyl adjacent to an activating group) is 1. The van der Waals surface area contributed by atoms with Crippen LogP contribution in [0.25, 0.3) is 0 Å². The Balaban J connectivity index is 0.000000671. The third-order valence-electron chi connectivity index (χ3n) is 2.24. The van der Waals surface area contributed by atoms with Gasteiger partial charge in [0.25, 0.3) is 0 Å². The summed E-state index contributed by atoms with van der Waals surface area (Å²) >= 11 is 0. The molecule has 13 heavy (non-hydrogen) atoms. The van der Waals surface area contributed by atoms with Crippen LogP contribution in [0, 0.1) is 0 Å². The molecule has 1 N–H and O–H groups in total. The highest BCUT2D eigenvalue weighted by Gasteiger charge is 2.19. The standard InChI is InChI=1S/C8H18N2O.C2H6/c1-3-10-5-4-9-6-8(10)7-11-2;1-2/h8-9H,3-7H2,1-2H3;1-2H3. The quantitative estimate of drug-likeness (QED) is 0.714. The van der Waals surface area contributed by atoms with Gasteiger partial charge < -0.3 is 10.1 Å². The van der Waals surface area contributed by atoms with E-state index in [9.17, 15) is 0 Å². The summed E-state index contributed by atoms with van der Waals surface area (Å²) in [7, 11) is 1.77. The average molecular weight is 188 g/mol. The molecule has 0 aromatic rings. The molecule has 0 aromatic carbocycles. The molecule has 0 aliphatic carbocycles. The van der Waals surface area contributed by atoms with E-state index in [4.69, 9.17) is 4.74 Å². The summed E-state index contributed by atoms with van der Waals surface area (Å²) in [5.74, 6) is 0. The summed E-state index contributed by atoms with van der Waals surface area (Å²) in [6.07, 6.45) is 0. The van der Waals surface area contributed by atoms with Crippen LogP contribution in [-0.4, -0.2) is 50.8 Å². The van der Waals surface area contributed by atoms with Crippen molar-refractivity contribution in [1.29, 1.82) is 0 Å². The zero-order valence-corrected chi connectivity index (χ0v) is 9.47. The molecular weight excluding hydrogens is 164 g/mol. The fourth-order valence-electron chi connectivity index (χ4n) is 1.58. The molecule has 1 atom stereocenters. The molecule has 1 heterocycles. The molecule has 3 heteroatoms. The first-order chi connectivity index (χ1) is 6.38. The van der Waals surface area contributed by atoms with Crippen molar-refractivity contribution in [1.82, 2.24) is 10.2 Å². The normalized spacial score (nSPS) is 23.5. The van der Waals surface area contributed by atoms with Gasteiger partial charge in [0.15, 0.2) is 0 Å². The molecule has 1 unspecified atom stereocenters. The molecule has 0 amide bonds. The van der Waals surface area contributed by atoms with E-state index in [0.29, 0.717) is 6.04 Å². The second-order valence-corrected chi connectivity index (χ2v) is 2.94. The van der Waals surface area contributed by atoms with Gasteiger partial charge in [0.05, 0.1) is 6.61 Å². The van der Waals surface area contributed by atoms with Crippen LogP contribution < -0.4 is 5.32 Å². The van der Waals surface area contributed by atoms with Crippen LogP contribution in [0.4, 0.5) is 0 Å². The van der Waals surface area contributed by atoms with Crippen molar-refractivity contribution in [2.45, 2.75) is 26.8 Å². The predicted octanol–water partition coefficient (Wildman–Crippen LogP) is 0.953. The van der Waals surface area contributed by atoms with Crippen LogP contribution in [-0.2, 0) is 4.74 Å². The molecule has 0 spiro atoms. The maximum Gasteiger partial charge on any atom is 0.0630 e. The molecule has 0 radical (unpaired) electrons. The maximum atomic E-state index is 5.13. The molecule has 80 valence electrons. The van der Waals surface area contributed by atoms with Crippen molar-refractivity contribution >= 4 is 0 Å². The Morgan fingerprint density at radius 2 is 2.15 bits per heavy atom. The first kappa shape index (κ1) is 12.9. The monoisotopic (exact) mass is 188 g/mol. The van der Waals surface area contributed by atoms with E-state index in [1.165, 1.54) is 0 Å². The smallest absolute Gasteiger partial charge is 0.0630 e. The number of ether oxygens (including phenoxy) is 1. The number of nitrogens with one attached hydrogen (secondary N) is 1. The van der Waals surface area contributed by atoms with Gasteiger partial charge in [-0.25, -0.2) is 0 Å². The van der Waals surface area contributed by atoms with E-state index in [1.807, 2.05) is 13.8 Å². The lowest BCUT2D eigenvalue weighted by Crippen LogP contribution is -2.52. The second-order valence-electron chi connectivity index (χ2n) is 2.94. The van der Waals surface area contributed by atoms with Gasteiger partial charge in [-0.05, 0) is 6.54 Å². The summed E-state index contributed by atoms with van der Waals surface area (Å²) in [5.41, 5.74) is 0. The van der Waals surface area contributed by atoms with Crippen molar-refractivity contribution in [2.75, 3.05) is 39.9 Å². The van der Waals surface area contributed by atoms with Gasteiger partial charge in [-0.1, -0.05) is 20.8 Å². The van der Waals surface area contributed by atoms with Crippen LogP contribution in [0.3, 0.4) is 0 Å². The van der Waals surface area contributed by atoms with E-state index >= 15 is 0 Å². The van der Waals surface area contributed by atoms with Gasteiger partial charge in [-0.15, -0.1) is 0 Å². The molecule has 1 saturated heterocycles. The summed E-state index contributed by atoms with van der Waals surface area (Å²) in [5, 5.41) is 3.36. The Morgan fingerprint density at radius 1 is 1.46 bits per heavy atom. The van der Waals surface area contributed by atoms with Gasteiger partial charge in [-0.3, -0.25) is 4.90 Å². The lowest BCUT2D eigenvalue weighted by molar-refractivity contribution is 0.0773. The third kappa shape index (κ3) is 4.60. The van der Waals surface area contributed by atoms with E-state index in [2.05, 4.69) is 17.1 Å². The van der Waals surface area contributed by atoms with E-state index in [0.717, 1.165) is 32.8 Å². The van der Waals surface area contributed by atoms with E-state index in [-0.39, 0.29) is 0 Å². The van der Waals surface area contributed by atoms with E-state index < -0.39 is 0 Å². The lowest BCUT2D eigenvalue weighted by Gasteiger charge is -2.34. The van der Waals surface area contributed by atoms with Gasteiger partial charge >= 0.3 is 0 Å². The van der Waals surface area contributed by atoms with Crippen LogP contribution in [0.15, 0.2) is 0 Å². The second kappa shape index (κ2) is 8.48. The van der Waals surface area contributed by atoms with Gasteiger partial charge in [0.2, 0.25) is 0 Å². The number of hydrogen-bond donors (Lipinski definition) is 1. The molecule has 1 rings (SSSR count). The van der Waals surface area contributed by atoms with Crippen molar-refractivity contribution in [3.8, 4) is 0 Å². The Labute approximate surface area is 82.4 Å². The molecule has 0 saturated carbocycles. The third-order valence-corrected chi connectivity index (χ3v) is 2.24. The predicted molar refractivity (Wildman–Crippen MR) is 57.1 cm³/mol. The minimum atomic E-state index is 0.582. The number of hydrogen-bond acceptors (Lipinski definition) is 3. The van der Waals surface area contributed by atoms with Crippen LogP contribution in [0.1, 0.15) is 20.8 Å². The zero-order chi connectivity index (χ0) is 10.1. The molecule has 0 bridgehead atoms. The topological polar surface area (TPSA) is 24.5 Å². The molecule has 1 fully saturated rings.